The zero-order valence-electron chi connectivity index (χ0n) is 16.4. The van der Waals surface area contributed by atoms with Gasteiger partial charge in [0, 0.05) is 26.1 Å². The summed E-state index contributed by atoms with van der Waals surface area (Å²) >= 11 is 0. The molecule has 2 atom stereocenters. The summed E-state index contributed by atoms with van der Waals surface area (Å²) in [6, 6.07) is 10.3. The van der Waals surface area contributed by atoms with Gasteiger partial charge in [0.25, 0.3) is 0 Å². The van der Waals surface area contributed by atoms with Gasteiger partial charge < -0.3 is 18.9 Å². The molecule has 0 radical (unpaired) electrons. The van der Waals surface area contributed by atoms with Gasteiger partial charge >= 0.3 is 26.5 Å². The van der Waals surface area contributed by atoms with Crippen molar-refractivity contribution in [3.63, 3.8) is 0 Å². The second kappa shape index (κ2) is 10.0. The van der Waals surface area contributed by atoms with Gasteiger partial charge in [-0.3, -0.25) is 4.57 Å². The van der Waals surface area contributed by atoms with Crippen molar-refractivity contribution in [1.82, 2.24) is 0 Å². The Balaban J connectivity index is 0.00000338. The Bertz CT molecular complexity index is 624. The van der Waals surface area contributed by atoms with E-state index in [0.717, 1.165) is 31.5 Å². The summed E-state index contributed by atoms with van der Waals surface area (Å²) in [5, 5.41) is 12.2. The van der Waals surface area contributed by atoms with Crippen LogP contribution in [0.2, 0.25) is 0 Å². The predicted molar refractivity (Wildman–Crippen MR) is 96.0 cm³/mol. The summed E-state index contributed by atoms with van der Waals surface area (Å²) in [5.74, 6) is 0.479. The third kappa shape index (κ3) is 5.65. The Morgan fingerprint density at radius 1 is 1.15 bits per heavy atom. The molecular formula is C19H28LiO5P. The fourth-order valence-electron chi connectivity index (χ4n) is 3.63. The van der Waals surface area contributed by atoms with E-state index in [9.17, 15) is 9.67 Å². The Hall–Kier alpha value is -0.693. The van der Waals surface area contributed by atoms with E-state index in [0.29, 0.717) is 0 Å². The van der Waals surface area contributed by atoms with Crippen LogP contribution in [0.4, 0.5) is 0 Å². The van der Waals surface area contributed by atoms with E-state index in [1.165, 1.54) is 19.8 Å². The van der Waals surface area contributed by atoms with Crippen LogP contribution in [0.5, 0.6) is 0 Å². The first-order valence-corrected chi connectivity index (χ1v) is 10.3. The summed E-state index contributed by atoms with van der Waals surface area (Å²) in [6.45, 7) is 4.39. The van der Waals surface area contributed by atoms with Gasteiger partial charge in [-0.2, -0.15) is 0 Å². The minimum absolute atomic E-state index is 0. The van der Waals surface area contributed by atoms with Gasteiger partial charge in [0.15, 0.2) is 0 Å². The van der Waals surface area contributed by atoms with Crippen LogP contribution in [0, 0.1) is 5.92 Å². The van der Waals surface area contributed by atoms with Crippen LogP contribution in [-0.4, -0.2) is 20.3 Å². The smallest absolute Gasteiger partial charge is 0.609 e. The topological polar surface area (TPSA) is 67.8 Å². The first-order chi connectivity index (χ1) is 11.8. The van der Waals surface area contributed by atoms with Crippen molar-refractivity contribution in [3.05, 3.63) is 47.7 Å². The zero-order valence-corrected chi connectivity index (χ0v) is 17.3. The molecule has 0 bridgehead atoms. The molecule has 0 spiro atoms. The van der Waals surface area contributed by atoms with Gasteiger partial charge in [-0.05, 0) is 29.7 Å². The van der Waals surface area contributed by atoms with Crippen molar-refractivity contribution in [1.29, 1.82) is 0 Å². The molecule has 1 aliphatic rings. The van der Waals surface area contributed by atoms with Crippen LogP contribution < -0.4 is 24.0 Å². The Morgan fingerprint density at radius 2 is 1.73 bits per heavy atom. The molecule has 1 saturated carbocycles. The Labute approximate surface area is 168 Å². The van der Waals surface area contributed by atoms with E-state index in [2.05, 4.69) is 26.0 Å². The molecule has 2 unspecified atom stereocenters. The molecular weight excluding hydrogens is 346 g/mol. The third-order valence-corrected chi connectivity index (χ3v) is 6.73. The van der Waals surface area contributed by atoms with Crippen molar-refractivity contribution >= 4 is 7.60 Å². The van der Waals surface area contributed by atoms with Gasteiger partial charge in [-0.15, -0.1) is 0 Å². The summed E-state index contributed by atoms with van der Waals surface area (Å²) in [7, 11) is -1.03. The summed E-state index contributed by atoms with van der Waals surface area (Å²) in [5.41, 5.74) is 1.10. The zero-order chi connectivity index (χ0) is 18.5. The number of hydrogen-bond acceptors (Lipinski definition) is 5. The van der Waals surface area contributed by atoms with Gasteiger partial charge in [0.05, 0.1) is 5.95 Å². The van der Waals surface area contributed by atoms with Crippen molar-refractivity contribution in [3.8, 4) is 0 Å². The average Bonchev–Trinajstić information content (AvgIpc) is 2.62. The quantitative estimate of drug-likeness (QED) is 0.407. The van der Waals surface area contributed by atoms with Crippen molar-refractivity contribution in [2.45, 2.75) is 51.0 Å². The van der Waals surface area contributed by atoms with E-state index >= 15 is 0 Å². The van der Waals surface area contributed by atoms with Crippen molar-refractivity contribution in [2.75, 3.05) is 14.2 Å². The molecule has 26 heavy (non-hydrogen) atoms. The third-order valence-electron chi connectivity index (χ3n) is 5.19. The van der Waals surface area contributed by atoms with E-state index in [1.807, 2.05) is 18.2 Å². The number of hydrogen-bond donors (Lipinski definition) is 0. The van der Waals surface area contributed by atoms with E-state index < -0.39 is 13.5 Å². The maximum absolute atomic E-state index is 12.2. The SMILES string of the molecule is COP(=O)(/C=C(\[O-])OC1CCCCC1C(C)(C)c1ccccc1)OC.[Li+]. The molecule has 7 heteroatoms. The molecule has 0 saturated heterocycles. The summed E-state index contributed by atoms with van der Waals surface area (Å²) < 4.78 is 27.4. The fraction of sp³-hybridized carbons (Fsp3) is 0.579. The molecule has 0 aliphatic heterocycles. The first kappa shape index (κ1) is 23.3. The number of rotatable bonds is 7. The fourth-order valence-corrected chi connectivity index (χ4v) is 4.31. The van der Waals surface area contributed by atoms with Crippen LogP contribution in [0.1, 0.15) is 45.1 Å². The molecule has 1 aromatic carbocycles. The standard InChI is InChI=1S/C19H29O5P.Li/c1-19(2,15-10-6-5-7-11-15)16-12-8-9-13-17(16)24-18(20)14-25(21,22-3)23-4;/h5-7,10-11,14,16-17,20H,8-9,12-13H2,1-4H3;/q;+1/p-1/b18-14+;. The summed E-state index contributed by atoms with van der Waals surface area (Å²) in [4.78, 5) is 0. The Kier molecular flexibility index (Phi) is 8.99. The van der Waals surface area contributed by atoms with Crippen LogP contribution in [0.25, 0.3) is 0 Å². The molecule has 0 heterocycles. The molecule has 5 nitrogen and oxygen atoms in total. The minimum atomic E-state index is -3.52. The molecule has 0 amide bonds. The molecule has 1 aromatic rings. The van der Waals surface area contributed by atoms with Crippen LogP contribution >= 0.6 is 7.60 Å². The predicted octanol–water partition coefficient (Wildman–Crippen LogP) is 1.19. The molecule has 1 fully saturated rings. The number of benzene rings is 1. The molecule has 1 aliphatic carbocycles. The molecule has 0 N–H and O–H groups in total. The van der Waals surface area contributed by atoms with Gasteiger partial charge in [0.2, 0.25) is 0 Å². The van der Waals surface area contributed by atoms with Crippen LogP contribution in [0.15, 0.2) is 42.1 Å². The summed E-state index contributed by atoms with van der Waals surface area (Å²) in [6.07, 6.45) is 3.73. The van der Waals surface area contributed by atoms with E-state index in [-0.39, 0.29) is 36.3 Å². The minimum Gasteiger partial charge on any atom is -0.609 e. The van der Waals surface area contributed by atoms with Crippen LogP contribution in [-0.2, 0) is 23.8 Å². The van der Waals surface area contributed by atoms with E-state index in [1.54, 1.807) is 0 Å². The molecule has 2 rings (SSSR count). The first-order valence-electron chi connectivity index (χ1n) is 8.65. The van der Waals surface area contributed by atoms with Crippen molar-refractivity contribution < 1.29 is 42.3 Å². The second-order valence-corrected chi connectivity index (χ2v) is 9.06. The Morgan fingerprint density at radius 3 is 2.31 bits per heavy atom. The van der Waals surface area contributed by atoms with E-state index in [4.69, 9.17) is 13.8 Å². The molecule has 140 valence electrons. The number of ether oxygens (including phenoxy) is 1. The maximum Gasteiger partial charge on any atom is 1.00 e. The largest absolute Gasteiger partial charge is 1.00 e. The molecule has 0 aromatic heterocycles. The maximum atomic E-state index is 12.2. The average molecular weight is 374 g/mol. The normalized spacial score (nSPS) is 21.8. The van der Waals surface area contributed by atoms with Crippen LogP contribution in [0.3, 0.4) is 0 Å². The van der Waals surface area contributed by atoms with Gasteiger partial charge in [0.1, 0.15) is 0 Å². The van der Waals surface area contributed by atoms with Gasteiger partial charge in [-0.25, -0.2) is 0 Å². The second-order valence-electron chi connectivity index (χ2n) is 6.99. The van der Waals surface area contributed by atoms with Crippen molar-refractivity contribution in [2.24, 2.45) is 5.92 Å². The monoisotopic (exact) mass is 374 g/mol. The van der Waals surface area contributed by atoms with Gasteiger partial charge in [-0.1, -0.05) is 57.0 Å².